The van der Waals surface area contributed by atoms with Crippen LogP contribution in [0.25, 0.3) is 0 Å². The number of hydrogen-bond donors (Lipinski definition) is 2. The summed E-state index contributed by atoms with van der Waals surface area (Å²) in [6, 6.07) is 17.6. The van der Waals surface area contributed by atoms with Crippen LogP contribution in [0.1, 0.15) is 23.7 Å². The number of nitrogens with one attached hydrogen (secondary N) is 2. The fourth-order valence-electron chi connectivity index (χ4n) is 2.75. The van der Waals surface area contributed by atoms with Gasteiger partial charge in [-0.05, 0) is 37.6 Å². The lowest BCUT2D eigenvalue weighted by molar-refractivity contribution is 0.355. The molecule has 150 valence electrons. The maximum Gasteiger partial charge on any atom is 0.225 e. The Kier molecular flexibility index (Phi) is 6.63. The molecule has 2 aromatic carbocycles. The normalized spacial score (nSPS) is 11.1. The molecule has 0 fully saturated rings. The predicted octanol–water partition coefficient (Wildman–Crippen LogP) is 4.25. The number of methoxy groups -OCH3 is 2. The van der Waals surface area contributed by atoms with Crippen molar-refractivity contribution in [3.8, 4) is 11.5 Å². The summed E-state index contributed by atoms with van der Waals surface area (Å²) in [5, 5.41) is 7.70. The van der Waals surface area contributed by atoms with E-state index < -0.39 is 0 Å². The van der Waals surface area contributed by atoms with Crippen LogP contribution in [0.4, 0.5) is 11.8 Å². The van der Waals surface area contributed by atoms with Gasteiger partial charge in [0.2, 0.25) is 5.95 Å². The number of ether oxygens (including phenoxy) is 2. The maximum absolute atomic E-state index is 5.36. The summed E-state index contributed by atoms with van der Waals surface area (Å²) in [7, 11) is 3.22. The zero-order valence-electron chi connectivity index (χ0n) is 17.1. The lowest BCUT2D eigenvalue weighted by Gasteiger charge is -2.10. The molecule has 0 radical (unpaired) electrons. The third-order valence-electron chi connectivity index (χ3n) is 4.29. The van der Waals surface area contributed by atoms with Gasteiger partial charge in [-0.3, -0.25) is 5.43 Å². The molecule has 0 spiro atoms. The summed E-state index contributed by atoms with van der Waals surface area (Å²) < 4.78 is 10.6. The summed E-state index contributed by atoms with van der Waals surface area (Å²) in [5.74, 6) is 2.51. The minimum atomic E-state index is 0.551. The highest BCUT2D eigenvalue weighted by Crippen LogP contribution is 2.27. The number of aromatic nitrogens is 2. The van der Waals surface area contributed by atoms with E-state index in [2.05, 4.69) is 37.9 Å². The van der Waals surface area contributed by atoms with E-state index in [0.29, 0.717) is 29.8 Å². The third kappa shape index (κ3) is 5.44. The number of anilines is 2. The van der Waals surface area contributed by atoms with E-state index in [1.165, 1.54) is 0 Å². The second-order valence-electron chi connectivity index (χ2n) is 6.44. The van der Waals surface area contributed by atoms with Crippen LogP contribution in [0.3, 0.4) is 0 Å². The fourth-order valence-corrected chi connectivity index (χ4v) is 2.75. The van der Waals surface area contributed by atoms with Gasteiger partial charge in [-0.15, -0.1) is 0 Å². The van der Waals surface area contributed by atoms with Gasteiger partial charge in [-0.25, -0.2) is 4.98 Å². The molecule has 29 heavy (non-hydrogen) atoms. The highest BCUT2D eigenvalue weighted by atomic mass is 16.5. The summed E-state index contributed by atoms with van der Waals surface area (Å²) in [6.07, 6.45) is 0. The van der Waals surface area contributed by atoms with Crippen molar-refractivity contribution in [2.45, 2.75) is 20.4 Å². The first kappa shape index (κ1) is 20.1. The molecule has 3 aromatic rings. The number of benzene rings is 2. The Morgan fingerprint density at radius 3 is 2.45 bits per heavy atom. The van der Waals surface area contributed by atoms with E-state index in [0.717, 1.165) is 22.5 Å². The number of aryl methyl sites for hydroxylation is 1. The third-order valence-corrected chi connectivity index (χ3v) is 4.29. The molecule has 0 aliphatic rings. The Balaban J connectivity index is 1.71. The molecule has 7 nitrogen and oxygen atoms in total. The van der Waals surface area contributed by atoms with Crippen molar-refractivity contribution in [1.82, 2.24) is 9.97 Å². The average molecular weight is 391 g/mol. The molecule has 0 aliphatic carbocycles. The second-order valence-corrected chi connectivity index (χ2v) is 6.44. The van der Waals surface area contributed by atoms with Gasteiger partial charge < -0.3 is 14.8 Å². The van der Waals surface area contributed by atoms with Crippen LogP contribution in [0, 0.1) is 6.92 Å². The molecule has 1 aromatic heterocycles. The standard InChI is InChI=1S/C22H25N5O2/c1-15-12-21(25-22(24-15)23-14-17-8-6-5-7-9-17)27-26-16(2)18-10-11-19(28-3)20(13-18)29-4/h5-13H,14H2,1-4H3,(H2,23,24,25,27)/b26-16+. The van der Waals surface area contributed by atoms with E-state index in [1.54, 1.807) is 14.2 Å². The van der Waals surface area contributed by atoms with Crippen LogP contribution in [0.2, 0.25) is 0 Å². The van der Waals surface area contributed by atoms with Crippen LogP contribution >= 0.6 is 0 Å². The number of hydrazone groups is 1. The first-order chi connectivity index (χ1) is 14.1. The van der Waals surface area contributed by atoms with Crippen LogP contribution in [0.5, 0.6) is 11.5 Å². The molecule has 0 aliphatic heterocycles. The van der Waals surface area contributed by atoms with Gasteiger partial charge in [0, 0.05) is 23.9 Å². The lowest BCUT2D eigenvalue weighted by Crippen LogP contribution is -2.07. The molecule has 0 atom stereocenters. The Bertz CT molecular complexity index is 990. The lowest BCUT2D eigenvalue weighted by atomic mass is 10.1. The van der Waals surface area contributed by atoms with E-state index in [-0.39, 0.29) is 0 Å². The summed E-state index contributed by atoms with van der Waals surface area (Å²) in [4.78, 5) is 8.93. The zero-order chi connectivity index (χ0) is 20.6. The minimum absolute atomic E-state index is 0.551. The maximum atomic E-state index is 5.36. The van der Waals surface area contributed by atoms with E-state index >= 15 is 0 Å². The molecule has 0 unspecified atom stereocenters. The van der Waals surface area contributed by atoms with Crippen molar-refractivity contribution in [1.29, 1.82) is 0 Å². The SMILES string of the molecule is COc1ccc(/C(C)=N/Nc2cc(C)nc(NCc3ccccc3)n2)cc1OC. The van der Waals surface area contributed by atoms with Crippen LogP contribution < -0.4 is 20.2 Å². The van der Waals surface area contributed by atoms with Crippen molar-refractivity contribution in [3.63, 3.8) is 0 Å². The van der Waals surface area contributed by atoms with Gasteiger partial charge in [-0.2, -0.15) is 10.1 Å². The quantitative estimate of drug-likeness (QED) is 0.441. The van der Waals surface area contributed by atoms with Crippen molar-refractivity contribution in [2.24, 2.45) is 5.10 Å². The van der Waals surface area contributed by atoms with E-state index in [4.69, 9.17) is 9.47 Å². The van der Waals surface area contributed by atoms with Gasteiger partial charge >= 0.3 is 0 Å². The monoisotopic (exact) mass is 391 g/mol. The number of hydrogen-bond acceptors (Lipinski definition) is 7. The highest BCUT2D eigenvalue weighted by molar-refractivity contribution is 5.99. The smallest absolute Gasteiger partial charge is 0.225 e. The van der Waals surface area contributed by atoms with Crippen molar-refractivity contribution >= 4 is 17.5 Å². The van der Waals surface area contributed by atoms with Gasteiger partial charge in [0.1, 0.15) is 0 Å². The van der Waals surface area contributed by atoms with Gasteiger partial charge in [0.05, 0.1) is 19.9 Å². The Labute approximate surface area is 170 Å². The molecule has 0 saturated carbocycles. The topological polar surface area (TPSA) is 80.7 Å². The molecule has 1 heterocycles. The first-order valence-corrected chi connectivity index (χ1v) is 9.25. The molecule has 0 bridgehead atoms. The molecule has 0 saturated heterocycles. The van der Waals surface area contributed by atoms with Crippen molar-refractivity contribution in [3.05, 3.63) is 71.4 Å². The number of rotatable bonds is 8. The Hall–Kier alpha value is -3.61. The van der Waals surface area contributed by atoms with E-state index in [1.807, 2.05) is 56.3 Å². The zero-order valence-corrected chi connectivity index (χ0v) is 17.1. The largest absolute Gasteiger partial charge is 0.493 e. The minimum Gasteiger partial charge on any atom is -0.493 e. The summed E-state index contributed by atoms with van der Waals surface area (Å²) in [5.41, 5.74) is 6.73. The fraction of sp³-hybridized carbons (Fsp3) is 0.227. The van der Waals surface area contributed by atoms with Crippen LogP contribution in [0.15, 0.2) is 59.7 Å². The molecule has 0 amide bonds. The summed E-state index contributed by atoms with van der Waals surface area (Å²) in [6.45, 7) is 4.49. The van der Waals surface area contributed by atoms with Gasteiger partial charge in [-0.1, -0.05) is 30.3 Å². The van der Waals surface area contributed by atoms with Gasteiger partial charge in [0.15, 0.2) is 17.3 Å². The summed E-state index contributed by atoms with van der Waals surface area (Å²) >= 11 is 0. The Morgan fingerprint density at radius 1 is 0.966 bits per heavy atom. The average Bonchev–Trinajstić information content (AvgIpc) is 2.76. The van der Waals surface area contributed by atoms with Gasteiger partial charge in [0.25, 0.3) is 0 Å². The first-order valence-electron chi connectivity index (χ1n) is 9.25. The van der Waals surface area contributed by atoms with Crippen LogP contribution in [-0.2, 0) is 6.54 Å². The molecular weight excluding hydrogens is 366 g/mol. The predicted molar refractivity (Wildman–Crippen MR) is 116 cm³/mol. The molecule has 3 rings (SSSR count). The molecular formula is C22H25N5O2. The molecule has 7 heteroatoms. The number of nitrogens with zero attached hydrogens (tertiary/aromatic N) is 3. The molecule has 2 N–H and O–H groups in total. The Morgan fingerprint density at radius 2 is 1.72 bits per heavy atom. The van der Waals surface area contributed by atoms with E-state index in [9.17, 15) is 0 Å². The van der Waals surface area contributed by atoms with Crippen molar-refractivity contribution < 1.29 is 9.47 Å². The highest BCUT2D eigenvalue weighted by Gasteiger charge is 2.07. The van der Waals surface area contributed by atoms with Crippen LogP contribution in [-0.4, -0.2) is 29.9 Å². The second kappa shape index (κ2) is 9.54. The van der Waals surface area contributed by atoms with Crippen molar-refractivity contribution in [2.75, 3.05) is 25.0 Å².